The van der Waals surface area contributed by atoms with Gasteiger partial charge in [-0.3, -0.25) is 24.3 Å². The number of hydrazone groups is 1. The summed E-state index contributed by atoms with van der Waals surface area (Å²) < 4.78 is 1.05. The third-order valence-electron chi connectivity index (χ3n) is 6.66. The van der Waals surface area contributed by atoms with E-state index >= 15 is 0 Å². The number of halogens is 2. The number of fused-ring (bicyclic) bond motifs is 1. The largest absolute Gasteiger partial charge is 0.299 e. The maximum atomic E-state index is 13.6. The fourth-order valence-corrected chi connectivity index (χ4v) is 5.18. The van der Waals surface area contributed by atoms with Crippen molar-refractivity contribution in [2.45, 2.75) is 31.8 Å². The molecule has 1 saturated carbocycles. The Morgan fingerprint density at radius 3 is 2.41 bits per heavy atom. The number of nitro groups is 1. The molecular weight excluding hydrogens is 515 g/mol. The van der Waals surface area contributed by atoms with Gasteiger partial charge in [0.25, 0.3) is 17.2 Å². The van der Waals surface area contributed by atoms with E-state index in [9.17, 15) is 19.7 Å². The summed E-state index contributed by atoms with van der Waals surface area (Å²) in [5.74, 6) is -0.477. The Kier molecular flexibility index (Phi) is 6.95. The summed E-state index contributed by atoms with van der Waals surface area (Å²) in [6.07, 6.45) is 5.74. The van der Waals surface area contributed by atoms with Gasteiger partial charge in [0, 0.05) is 28.1 Å². The average molecular weight is 537 g/mol. The second-order valence-electron chi connectivity index (χ2n) is 9.05. The van der Waals surface area contributed by atoms with Gasteiger partial charge in [-0.05, 0) is 66.3 Å². The summed E-state index contributed by atoms with van der Waals surface area (Å²) >= 11 is 12.2. The van der Waals surface area contributed by atoms with E-state index in [0.717, 1.165) is 64.6 Å². The summed E-state index contributed by atoms with van der Waals surface area (Å²) in [7, 11) is 0. The molecule has 5 rings (SSSR count). The van der Waals surface area contributed by atoms with Gasteiger partial charge in [0.2, 0.25) is 0 Å². The predicted octanol–water partition coefficient (Wildman–Crippen LogP) is 5.89. The van der Waals surface area contributed by atoms with Crippen LogP contribution in [0.5, 0.6) is 0 Å². The fraction of sp³-hybridized carbons (Fsp3) is 0.222. The van der Waals surface area contributed by atoms with E-state index < -0.39 is 16.4 Å². The molecule has 0 saturated heterocycles. The molecule has 0 radical (unpaired) electrons. The highest BCUT2D eigenvalue weighted by Gasteiger charge is 2.43. The van der Waals surface area contributed by atoms with E-state index in [-0.39, 0.29) is 24.2 Å². The molecule has 2 atom stereocenters. The lowest BCUT2D eigenvalue weighted by Crippen LogP contribution is -2.35. The lowest BCUT2D eigenvalue weighted by Gasteiger charge is -2.29. The first-order valence-corrected chi connectivity index (χ1v) is 12.5. The minimum Gasteiger partial charge on any atom is -0.299 e. The number of aromatic nitrogens is 1. The highest BCUT2D eigenvalue weighted by atomic mass is 35.5. The van der Waals surface area contributed by atoms with Crippen molar-refractivity contribution in [3.63, 3.8) is 0 Å². The number of amides is 1. The molecule has 37 heavy (non-hydrogen) atoms. The zero-order valence-electron chi connectivity index (χ0n) is 19.6. The summed E-state index contributed by atoms with van der Waals surface area (Å²) in [5, 5.41) is 18.6. The number of allylic oxidation sites excluding steroid dienone is 1. The molecule has 3 aromatic rings. The van der Waals surface area contributed by atoms with Crippen LogP contribution < -0.4 is 5.56 Å². The van der Waals surface area contributed by atoms with E-state index in [1.165, 1.54) is 5.01 Å². The molecular formula is C27H22Cl2N4O4. The van der Waals surface area contributed by atoms with Crippen molar-refractivity contribution in [3.05, 3.63) is 114 Å². The average Bonchev–Trinajstić information content (AvgIpc) is 3.28. The molecule has 1 aromatic heterocycles. The Labute approximate surface area is 222 Å². The van der Waals surface area contributed by atoms with Gasteiger partial charge in [-0.2, -0.15) is 5.10 Å². The number of hydrogen-bond donors (Lipinski definition) is 0. The normalized spacial score (nSPS) is 20.0. The molecule has 2 aromatic carbocycles. The molecule has 1 fully saturated rings. The molecule has 1 aliphatic heterocycles. The summed E-state index contributed by atoms with van der Waals surface area (Å²) in [5.41, 5.74) is 2.96. The van der Waals surface area contributed by atoms with Crippen molar-refractivity contribution in [2.24, 2.45) is 11.0 Å². The quantitative estimate of drug-likeness (QED) is 0.300. The van der Waals surface area contributed by atoms with Crippen molar-refractivity contribution in [3.8, 4) is 0 Å². The number of carbonyl (C=O) groups excluding carboxylic acids is 1. The summed E-state index contributed by atoms with van der Waals surface area (Å²) in [6, 6.07) is 16.6. The molecule has 0 bridgehead atoms. The van der Waals surface area contributed by atoms with Crippen molar-refractivity contribution in [1.82, 2.24) is 9.58 Å². The van der Waals surface area contributed by atoms with E-state index in [1.807, 2.05) is 36.4 Å². The SMILES string of the molecule is O=C(Cn1cc([N+](=O)[O-])ccc1=O)N1N=C2/C(=C/c3ccc(Cl)cc3)CCCC2C1c1ccc(Cl)cc1. The Hall–Kier alpha value is -3.75. The van der Waals surface area contributed by atoms with Crippen LogP contribution in [0, 0.1) is 16.0 Å². The molecule has 2 aliphatic rings. The van der Waals surface area contributed by atoms with Crippen molar-refractivity contribution < 1.29 is 9.72 Å². The van der Waals surface area contributed by atoms with Gasteiger partial charge in [0.1, 0.15) is 6.54 Å². The standard InChI is InChI=1S/C27H22Cl2N4O4/c28-20-8-4-17(5-9-20)14-19-2-1-3-23-26(19)30-32(27(23)18-6-10-21(29)11-7-18)25(35)16-31-15-22(33(36)37)12-13-24(31)34/h4-15,23,27H,1-3,16H2/b19-14+. The van der Waals surface area contributed by atoms with Gasteiger partial charge in [-0.25, -0.2) is 5.01 Å². The maximum absolute atomic E-state index is 13.6. The highest BCUT2D eigenvalue weighted by molar-refractivity contribution is 6.30. The van der Waals surface area contributed by atoms with E-state index in [0.29, 0.717) is 10.0 Å². The minimum atomic E-state index is -0.602. The molecule has 1 aliphatic carbocycles. The van der Waals surface area contributed by atoms with Gasteiger partial charge in [0.15, 0.2) is 0 Å². The zero-order valence-corrected chi connectivity index (χ0v) is 21.1. The molecule has 10 heteroatoms. The second kappa shape index (κ2) is 10.3. The first kappa shape index (κ1) is 24.9. The van der Waals surface area contributed by atoms with Gasteiger partial charge in [-0.1, -0.05) is 47.5 Å². The number of nitrogens with zero attached hydrogens (tertiary/aromatic N) is 4. The van der Waals surface area contributed by atoms with Crippen LogP contribution in [-0.4, -0.2) is 26.1 Å². The smallest absolute Gasteiger partial charge is 0.285 e. The van der Waals surface area contributed by atoms with Crippen LogP contribution in [0.15, 0.2) is 82.3 Å². The maximum Gasteiger partial charge on any atom is 0.285 e. The van der Waals surface area contributed by atoms with Gasteiger partial charge < -0.3 is 0 Å². The topological polar surface area (TPSA) is 97.8 Å². The summed E-state index contributed by atoms with van der Waals surface area (Å²) in [6.45, 7) is -0.371. The van der Waals surface area contributed by atoms with Crippen molar-refractivity contribution in [1.29, 1.82) is 0 Å². The Morgan fingerprint density at radius 2 is 1.73 bits per heavy atom. The third-order valence-corrected chi connectivity index (χ3v) is 7.17. The first-order chi connectivity index (χ1) is 17.8. The lowest BCUT2D eigenvalue weighted by atomic mass is 9.77. The molecule has 188 valence electrons. The zero-order chi connectivity index (χ0) is 26.1. The van der Waals surface area contributed by atoms with Crippen molar-refractivity contribution >= 4 is 46.6 Å². The number of benzene rings is 2. The highest BCUT2D eigenvalue weighted by Crippen LogP contribution is 2.44. The number of hydrogen-bond acceptors (Lipinski definition) is 5. The molecule has 0 spiro atoms. The number of carbonyl (C=O) groups is 1. The summed E-state index contributed by atoms with van der Waals surface area (Å²) in [4.78, 5) is 36.5. The van der Waals surface area contributed by atoms with Crippen LogP contribution >= 0.6 is 23.2 Å². The monoisotopic (exact) mass is 536 g/mol. The van der Waals surface area contributed by atoms with Crippen LogP contribution in [0.4, 0.5) is 5.69 Å². The predicted molar refractivity (Wildman–Crippen MR) is 143 cm³/mol. The molecule has 2 unspecified atom stereocenters. The lowest BCUT2D eigenvalue weighted by molar-refractivity contribution is -0.385. The molecule has 0 N–H and O–H groups in total. The fourth-order valence-electron chi connectivity index (χ4n) is 4.93. The first-order valence-electron chi connectivity index (χ1n) is 11.8. The molecule has 2 heterocycles. The molecule has 8 nitrogen and oxygen atoms in total. The van der Waals surface area contributed by atoms with E-state index in [4.69, 9.17) is 28.3 Å². The Bertz CT molecular complexity index is 1480. The third kappa shape index (κ3) is 5.21. The van der Waals surface area contributed by atoms with Crippen molar-refractivity contribution in [2.75, 3.05) is 0 Å². The van der Waals surface area contributed by atoms with Crippen LogP contribution in [0.1, 0.15) is 36.4 Å². The minimum absolute atomic E-state index is 0.0424. The van der Waals surface area contributed by atoms with Gasteiger partial charge >= 0.3 is 0 Å². The van der Waals surface area contributed by atoms with Crippen LogP contribution in [0.3, 0.4) is 0 Å². The van der Waals surface area contributed by atoms with Gasteiger partial charge in [0.05, 0.1) is 22.9 Å². The Morgan fingerprint density at radius 1 is 1.05 bits per heavy atom. The second-order valence-corrected chi connectivity index (χ2v) is 9.92. The Balaban J connectivity index is 1.53. The number of rotatable bonds is 5. The van der Waals surface area contributed by atoms with Crippen LogP contribution in [-0.2, 0) is 11.3 Å². The van der Waals surface area contributed by atoms with E-state index in [1.54, 1.807) is 12.1 Å². The van der Waals surface area contributed by atoms with Crippen LogP contribution in [0.25, 0.3) is 6.08 Å². The van der Waals surface area contributed by atoms with Gasteiger partial charge in [-0.15, -0.1) is 0 Å². The number of pyridine rings is 1. The van der Waals surface area contributed by atoms with E-state index in [2.05, 4.69) is 6.08 Å². The molecule has 1 amide bonds. The van der Waals surface area contributed by atoms with Crippen LogP contribution in [0.2, 0.25) is 10.0 Å².